The van der Waals surface area contributed by atoms with Crippen molar-refractivity contribution in [3.63, 3.8) is 0 Å². The number of aryl methyl sites for hydroxylation is 1. The molecule has 0 saturated carbocycles. The lowest BCUT2D eigenvalue weighted by atomic mass is 10.1. The van der Waals surface area contributed by atoms with Crippen LogP contribution in [0.25, 0.3) is 11.0 Å². The predicted molar refractivity (Wildman–Crippen MR) is 136 cm³/mol. The number of amides is 2. The van der Waals surface area contributed by atoms with Crippen LogP contribution in [0.5, 0.6) is 5.75 Å². The Hall–Kier alpha value is -4.26. The number of carbonyl (C=O) groups is 2. The highest BCUT2D eigenvalue weighted by molar-refractivity contribution is 6.14. The van der Waals surface area contributed by atoms with Gasteiger partial charge in [0.05, 0.1) is 12.8 Å². The number of carbonyl (C=O) groups excluding carboxylic acids is 2. The first-order chi connectivity index (χ1) is 17.0. The molecule has 1 aliphatic heterocycles. The fourth-order valence-electron chi connectivity index (χ4n) is 4.48. The van der Waals surface area contributed by atoms with Crippen molar-refractivity contribution in [2.24, 2.45) is 0 Å². The number of rotatable bonds is 5. The molecule has 2 heterocycles. The molecule has 1 N–H and O–H groups in total. The van der Waals surface area contributed by atoms with Gasteiger partial charge in [0.25, 0.3) is 11.8 Å². The van der Waals surface area contributed by atoms with E-state index in [9.17, 15) is 9.59 Å². The molecular formula is C28H27N3O4. The number of benzene rings is 3. The fraction of sp³-hybridized carbons (Fsp3) is 0.214. The van der Waals surface area contributed by atoms with Crippen molar-refractivity contribution in [1.82, 2.24) is 4.90 Å². The molecule has 1 fully saturated rings. The number of methoxy groups -OCH3 is 1. The summed E-state index contributed by atoms with van der Waals surface area (Å²) in [5.74, 6) is 0.444. The third kappa shape index (κ3) is 4.45. The third-order valence-corrected chi connectivity index (χ3v) is 6.30. The quantitative estimate of drug-likeness (QED) is 0.447. The molecule has 7 nitrogen and oxygen atoms in total. The van der Waals surface area contributed by atoms with Gasteiger partial charge in [-0.15, -0.1) is 0 Å². The van der Waals surface area contributed by atoms with Crippen LogP contribution < -0.4 is 15.0 Å². The number of fused-ring (bicyclic) bond motifs is 1. The normalized spacial score (nSPS) is 13.7. The lowest BCUT2D eigenvalue weighted by Gasteiger charge is -2.36. The standard InChI is InChI=1S/C28H27N3O4/c1-19-8-7-9-20(18-19)27(32)29-25-21-10-3-5-12-23(21)35-26(25)28(33)31-16-14-30(15-17-31)22-11-4-6-13-24(22)34-2/h3-13,18H,14-17H2,1-2H3,(H,29,32). The second-order valence-corrected chi connectivity index (χ2v) is 8.58. The summed E-state index contributed by atoms with van der Waals surface area (Å²) in [6.07, 6.45) is 0. The predicted octanol–water partition coefficient (Wildman–Crippen LogP) is 4.96. The van der Waals surface area contributed by atoms with Crippen LogP contribution in [0.1, 0.15) is 26.5 Å². The molecule has 1 aliphatic rings. The molecule has 0 radical (unpaired) electrons. The van der Waals surface area contributed by atoms with Crippen LogP contribution in [0, 0.1) is 6.92 Å². The summed E-state index contributed by atoms with van der Waals surface area (Å²) in [6, 6.07) is 22.6. The summed E-state index contributed by atoms with van der Waals surface area (Å²) in [6.45, 7) is 4.32. The minimum absolute atomic E-state index is 0.151. The van der Waals surface area contributed by atoms with E-state index in [0.29, 0.717) is 48.4 Å². The Morgan fingerprint density at radius 3 is 2.43 bits per heavy atom. The number of nitrogens with zero attached hydrogens (tertiary/aromatic N) is 2. The monoisotopic (exact) mass is 469 g/mol. The van der Waals surface area contributed by atoms with Gasteiger partial charge in [0.2, 0.25) is 5.76 Å². The average Bonchev–Trinajstić information content (AvgIpc) is 3.26. The lowest BCUT2D eigenvalue weighted by Crippen LogP contribution is -2.49. The van der Waals surface area contributed by atoms with Crippen molar-refractivity contribution in [3.05, 3.63) is 89.7 Å². The summed E-state index contributed by atoms with van der Waals surface area (Å²) in [4.78, 5) is 30.6. The van der Waals surface area contributed by atoms with Gasteiger partial charge in [-0.1, -0.05) is 42.0 Å². The second kappa shape index (κ2) is 9.54. The van der Waals surface area contributed by atoms with E-state index >= 15 is 0 Å². The maximum absolute atomic E-state index is 13.6. The Kier molecular flexibility index (Phi) is 6.14. The first-order valence-corrected chi connectivity index (χ1v) is 11.6. The van der Waals surface area contributed by atoms with Gasteiger partial charge in [-0.2, -0.15) is 0 Å². The molecular weight excluding hydrogens is 442 g/mol. The summed E-state index contributed by atoms with van der Waals surface area (Å²) in [5, 5.41) is 3.64. The maximum Gasteiger partial charge on any atom is 0.291 e. The Balaban J connectivity index is 1.39. The Labute approximate surface area is 203 Å². The van der Waals surface area contributed by atoms with E-state index in [2.05, 4.69) is 10.2 Å². The number of nitrogens with one attached hydrogen (secondary N) is 1. The molecule has 0 spiro atoms. The fourth-order valence-corrected chi connectivity index (χ4v) is 4.48. The van der Waals surface area contributed by atoms with Crippen LogP contribution in [-0.2, 0) is 0 Å². The molecule has 3 aromatic carbocycles. The highest BCUT2D eigenvalue weighted by atomic mass is 16.5. The third-order valence-electron chi connectivity index (χ3n) is 6.30. The SMILES string of the molecule is COc1ccccc1N1CCN(C(=O)c2oc3ccccc3c2NC(=O)c2cccc(C)c2)CC1. The first kappa shape index (κ1) is 22.5. The largest absolute Gasteiger partial charge is 0.495 e. The van der Waals surface area contributed by atoms with Crippen molar-refractivity contribution in [2.75, 3.05) is 43.5 Å². The Bertz CT molecular complexity index is 1390. The van der Waals surface area contributed by atoms with Gasteiger partial charge in [-0.3, -0.25) is 9.59 Å². The van der Waals surface area contributed by atoms with E-state index < -0.39 is 0 Å². The van der Waals surface area contributed by atoms with Crippen LogP contribution in [0.2, 0.25) is 0 Å². The zero-order valence-corrected chi connectivity index (χ0v) is 19.8. The van der Waals surface area contributed by atoms with Crippen molar-refractivity contribution >= 4 is 34.2 Å². The van der Waals surface area contributed by atoms with Crippen molar-refractivity contribution < 1.29 is 18.7 Å². The van der Waals surface area contributed by atoms with Gasteiger partial charge < -0.3 is 24.3 Å². The van der Waals surface area contributed by atoms with Crippen LogP contribution in [0.15, 0.2) is 77.2 Å². The average molecular weight is 470 g/mol. The molecule has 0 bridgehead atoms. The number of hydrogen-bond acceptors (Lipinski definition) is 5. The summed E-state index contributed by atoms with van der Waals surface area (Å²) in [5.41, 5.74) is 3.49. The van der Waals surface area contributed by atoms with Crippen LogP contribution in [0.4, 0.5) is 11.4 Å². The van der Waals surface area contributed by atoms with E-state index in [0.717, 1.165) is 17.0 Å². The van der Waals surface area contributed by atoms with E-state index in [1.807, 2.05) is 67.6 Å². The summed E-state index contributed by atoms with van der Waals surface area (Å²) < 4.78 is 11.5. The molecule has 35 heavy (non-hydrogen) atoms. The van der Waals surface area contributed by atoms with Crippen LogP contribution in [0.3, 0.4) is 0 Å². The zero-order chi connectivity index (χ0) is 24.4. The zero-order valence-electron chi connectivity index (χ0n) is 19.8. The van der Waals surface area contributed by atoms with Gasteiger partial charge in [-0.05, 0) is 43.3 Å². The molecule has 0 unspecified atom stereocenters. The molecule has 1 aromatic heterocycles. The van der Waals surface area contributed by atoms with Crippen molar-refractivity contribution in [1.29, 1.82) is 0 Å². The van der Waals surface area contributed by atoms with E-state index in [1.165, 1.54) is 0 Å². The Morgan fingerprint density at radius 2 is 1.66 bits per heavy atom. The number of hydrogen-bond donors (Lipinski definition) is 1. The number of furan rings is 1. The minimum atomic E-state index is -0.282. The van der Waals surface area contributed by atoms with Gasteiger partial charge in [-0.25, -0.2) is 0 Å². The maximum atomic E-state index is 13.6. The molecule has 7 heteroatoms. The lowest BCUT2D eigenvalue weighted by molar-refractivity contribution is 0.0718. The molecule has 0 aliphatic carbocycles. The highest BCUT2D eigenvalue weighted by Crippen LogP contribution is 2.33. The van der Waals surface area contributed by atoms with Gasteiger partial charge in [0.1, 0.15) is 17.0 Å². The molecule has 0 atom stereocenters. The number of para-hydroxylation sites is 3. The molecule has 5 rings (SSSR count). The molecule has 2 amide bonds. The molecule has 178 valence electrons. The highest BCUT2D eigenvalue weighted by Gasteiger charge is 2.29. The van der Waals surface area contributed by atoms with Crippen LogP contribution >= 0.6 is 0 Å². The smallest absolute Gasteiger partial charge is 0.291 e. The van der Waals surface area contributed by atoms with Gasteiger partial charge in [0.15, 0.2) is 0 Å². The minimum Gasteiger partial charge on any atom is -0.495 e. The van der Waals surface area contributed by atoms with E-state index in [1.54, 1.807) is 24.1 Å². The van der Waals surface area contributed by atoms with Crippen LogP contribution in [-0.4, -0.2) is 50.0 Å². The van der Waals surface area contributed by atoms with E-state index in [4.69, 9.17) is 9.15 Å². The van der Waals surface area contributed by atoms with Crippen molar-refractivity contribution in [2.45, 2.75) is 6.92 Å². The topological polar surface area (TPSA) is 75.0 Å². The second-order valence-electron chi connectivity index (χ2n) is 8.58. The first-order valence-electron chi connectivity index (χ1n) is 11.6. The molecule has 4 aromatic rings. The number of piperazine rings is 1. The Morgan fingerprint density at radius 1 is 0.914 bits per heavy atom. The summed E-state index contributed by atoms with van der Waals surface area (Å²) in [7, 11) is 1.66. The number of ether oxygens (including phenoxy) is 1. The van der Waals surface area contributed by atoms with Crippen molar-refractivity contribution in [3.8, 4) is 5.75 Å². The van der Waals surface area contributed by atoms with Gasteiger partial charge in [0, 0.05) is 37.1 Å². The van der Waals surface area contributed by atoms with Gasteiger partial charge >= 0.3 is 0 Å². The summed E-state index contributed by atoms with van der Waals surface area (Å²) >= 11 is 0. The molecule has 1 saturated heterocycles. The van der Waals surface area contributed by atoms with E-state index in [-0.39, 0.29) is 17.6 Å². The number of anilines is 2.